The Bertz CT molecular complexity index is 757. The monoisotopic (exact) mass is 358 g/mol. The topological polar surface area (TPSA) is 48.5 Å². The molecule has 5 nitrogen and oxygen atoms in total. The van der Waals surface area contributed by atoms with Crippen LogP contribution in [0.1, 0.15) is 23.0 Å². The molecule has 0 spiro atoms. The van der Waals surface area contributed by atoms with Crippen LogP contribution in [-0.4, -0.2) is 48.5 Å². The highest BCUT2D eigenvalue weighted by molar-refractivity contribution is 6.31. The summed E-state index contributed by atoms with van der Waals surface area (Å²) in [5.41, 5.74) is 3.10. The summed E-state index contributed by atoms with van der Waals surface area (Å²) in [6, 6.07) is 9.29. The van der Waals surface area contributed by atoms with Gasteiger partial charge in [-0.2, -0.15) is 0 Å². The number of rotatable bonds is 4. The Morgan fingerprint density at radius 3 is 2.64 bits per heavy atom. The van der Waals surface area contributed by atoms with Crippen molar-refractivity contribution in [1.29, 1.82) is 0 Å². The van der Waals surface area contributed by atoms with Gasteiger partial charge in [0.1, 0.15) is 5.69 Å². The van der Waals surface area contributed by atoms with E-state index < -0.39 is 0 Å². The largest absolute Gasteiger partial charge is 0.369 e. The highest BCUT2D eigenvalue weighted by atomic mass is 35.5. The average molecular weight is 359 g/mol. The predicted molar refractivity (Wildman–Crippen MR) is 103 cm³/mol. The van der Waals surface area contributed by atoms with E-state index in [9.17, 15) is 4.79 Å². The molecule has 1 aromatic carbocycles. The quantitative estimate of drug-likeness (QED) is 0.909. The summed E-state index contributed by atoms with van der Waals surface area (Å²) in [7, 11) is 0. The summed E-state index contributed by atoms with van der Waals surface area (Å²) >= 11 is 6.12. The van der Waals surface area contributed by atoms with Crippen LogP contribution in [-0.2, 0) is 0 Å². The zero-order valence-corrected chi connectivity index (χ0v) is 15.4. The van der Waals surface area contributed by atoms with Gasteiger partial charge in [0.2, 0.25) is 0 Å². The molecule has 0 atom stereocenters. The van der Waals surface area contributed by atoms with Crippen LogP contribution in [0.25, 0.3) is 0 Å². The van der Waals surface area contributed by atoms with Crippen molar-refractivity contribution in [3.63, 3.8) is 0 Å². The maximum absolute atomic E-state index is 12.5. The first kappa shape index (κ1) is 17.7. The van der Waals surface area contributed by atoms with Gasteiger partial charge in [0, 0.05) is 48.8 Å². The van der Waals surface area contributed by atoms with Gasteiger partial charge in [0.05, 0.1) is 0 Å². The number of pyridine rings is 1. The minimum Gasteiger partial charge on any atom is -0.369 e. The number of benzene rings is 1. The van der Waals surface area contributed by atoms with Gasteiger partial charge in [-0.1, -0.05) is 24.6 Å². The minimum atomic E-state index is -0.228. The molecule has 2 aromatic rings. The first-order chi connectivity index (χ1) is 12.1. The molecule has 2 heterocycles. The molecule has 1 aliphatic rings. The lowest BCUT2D eigenvalue weighted by Crippen LogP contribution is -2.46. The molecule has 0 aliphatic carbocycles. The van der Waals surface area contributed by atoms with E-state index in [1.165, 1.54) is 0 Å². The second-order valence-electron chi connectivity index (χ2n) is 6.24. The van der Waals surface area contributed by atoms with E-state index in [0.717, 1.165) is 44.0 Å². The van der Waals surface area contributed by atoms with Crippen LogP contribution in [0.3, 0.4) is 0 Å². The number of hydrogen-bond acceptors (Lipinski definition) is 4. The molecule has 132 valence electrons. The van der Waals surface area contributed by atoms with Crippen molar-refractivity contribution in [1.82, 2.24) is 9.88 Å². The number of aromatic nitrogens is 1. The number of halogens is 1. The Kier molecular flexibility index (Phi) is 5.56. The van der Waals surface area contributed by atoms with Crippen molar-refractivity contribution >= 4 is 28.9 Å². The summed E-state index contributed by atoms with van der Waals surface area (Å²) in [6.07, 6.45) is 1.69. The smallest absolute Gasteiger partial charge is 0.274 e. The number of carbonyl (C=O) groups excluding carboxylic acids is 1. The van der Waals surface area contributed by atoms with E-state index in [1.807, 2.05) is 31.2 Å². The van der Waals surface area contributed by atoms with Crippen molar-refractivity contribution < 1.29 is 4.79 Å². The van der Waals surface area contributed by atoms with Gasteiger partial charge in [0.15, 0.2) is 0 Å². The Balaban J connectivity index is 1.70. The first-order valence-electron chi connectivity index (χ1n) is 8.57. The molecule has 1 saturated heterocycles. The molecule has 0 bridgehead atoms. The van der Waals surface area contributed by atoms with E-state index in [0.29, 0.717) is 16.4 Å². The maximum atomic E-state index is 12.5. The van der Waals surface area contributed by atoms with Gasteiger partial charge in [0.25, 0.3) is 5.91 Å². The molecule has 25 heavy (non-hydrogen) atoms. The summed E-state index contributed by atoms with van der Waals surface area (Å²) in [5.74, 6) is -0.228. The van der Waals surface area contributed by atoms with Gasteiger partial charge in [-0.15, -0.1) is 0 Å². The fourth-order valence-corrected chi connectivity index (χ4v) is 3.11. The summed E-state index contributed by atoms with van der Waals surface area (Å²) in [6.45, 7) is 9.21. The number of hydrogen-bond donors (Lipinski definition) is 1. The molecule has 3 rings (SSSR count). The Hall–Kier alpha value is -2.11. The number of likely N-dealkylation sites (N-methyl/N-ethyl adjacent to an activating group) is 1. The third kappa shape index (κ3) is 4.30. The first-order valence-corrected chi connectivity index (χ1v) is 8.95. The van der Waals surface area contributed by atoms with E-state index in [4.69, 9.17) is 11.6 Å². The SMILES string of the molecule is CCN1CCN(c2ccnc(C(=O)Nc3ccc(C)c(Cl)c3)c2)CC1. The Labute approximate surface area is 153 Å². The van der Waals surface area contributed by atoms with Crippen molar-refractivity contribution in [3.8, 4) is 0 Å². The fraction of sp³-hybridized carbons (Fsp3) is 0.368. The number of nitrogens with zero attached hydrogens (tertiary/aromatic N) is 3. The zero-order valence-electron chi connectivity index (χ0n) is 14.6. The molecular formula is C19H23ClN4O. The Morgan fingerprint density at radius 1 is 1.20 bits per heavy atom. The molecule has 0 saturated carbocycles. The van der Waals surface area contributed by atoms with E-state index in [-0.39, 0.29) is 5.91 Å². The molecular weight excluding hydrogens is 336 g/mol. The summed E-state index contributed by atoms with van der Waals surface area (Å²) < 4.78 is 0. The second kappa shape index (κ2) is 7.85. The Morgan fingerprint density at radius 2 is 1.96 bits per heavy atom. The second-order valence-corrected chi connectivity index (χ2v) is 6.65. The van der Waals surface area contributed by atoms with Crippen molar-refractivity contribution in [2.24, 2.45) is 0 Å². The number of nitrogens with one attached hydrogen (secondary N) is 1. The normalized spacial score (nSPS) is 15.2. The summed E-state index contributed by atoms with van der Waals surface area (Å²) in [4.78, 5) is 21.4. The van der Waals surface area contributed by atoms with Crippen LogP contribution in [0.2, 0.25) is 5.02 Å². The highest BCUT2D eigenvalue weighted by Gasteiger charge is 2.17. The van der Waals surface area contributed by atoms with Gasteiger partial charge in [-0.25, -0.2) is 0 Å². The van der Waals surface area contributed by atoms with E-state index >= 15 is 0 Å². The lowest BCUT2D eigenvalue weighted by Gasteiger charge is -2.35. The highest BCUT2D eigenvalue weighted by Crippen LogP contribution is 2.21. The zero-order chi connectivity index (χ0) is 17.8. The van der Waals surface area contributed by atoms with Crippen LogP contribution >= 0.6 is 11.6 Å². The number of amides is 1. The van der Waals surface area contributed by atoms with Crippen LogP contribution in [0, 0.1) is 6.92 Å². The van der Waals surface area contributed by atoms with Crippen LogP contribution in [0.15, 0.2) is 36.5 Å². The standard InChI is InChI=1S/C19H23ClN4O/c1-3-23-8-10-24(11-9-23)16-6-7-21-18(13-16)19(25)22-15-5-4-14(2)17(20)12-15/h4-7,12-13H,3,8-11H2,1-2H3,(H,22,25). The number of piperazine rings is 1. The van der Waals surface area contributed by atoms with E-state index in [2.05, 4.69) is 27.0 Å². The molecule has 1 aliphatic heterocycles. The molecule has 1 N–H and O–H groups in total. The van der Waals surface area contributed by atoms with Crippen molar-refractivity contribution in [2.75, 3.05) is 42.9 Å². The van der Waals surface area contributed by atoms with E-state index in [1.54, 1.807) is 12.3 Å². The molecule has 1 aromatic heterocycles. The minimum absolute atomic E-state index is 0.228. The molecule has 0 unspecified atom stereocenters. The number of anilines is 2. The third-order valence-electron chi connectivity index (χ3n) is 4.59. The molecule has 1 fully saturated rings. The lowest BCUT2D eigenvalue weighted by molar-refractivity contribution is 0.102. The summed E-state index contributed by atoms with van der Waals surface area (Å²) in [5, 5.41) is 3.49. The third-order valence-corrected chi connectivity index (χ3v) is 5.00. The van der Waals surface area contributed by atoms with Crippen molar-refractivity contribution in [2.45, 2.75) is 13.8 Å². The number of aryl methyl sites for hydroxylation is 1. The van der Waals surface area contributed by atoms with Gasteiger partial charge in [-0.3, -0.25) is 9.78 Å². The van der Waals surface area contributed by atoms with Gasteiger partial charge >= 0.3 is 0 Å². The maximum Gasteiger partial charge on any atom is 0.274 e. The van der Waals surface area contributed by atoms with Gasteiger partial charge < -0.3 is 15.1 Å². The molecule has 0 radical (unpaired) electrons. The van der Waals surface area contributed by atoms with Crippen LogP contribution in [0.5, 0.6) is 0 Å². The van der Waals surface area contributed by atoms with Crippen LogP contribution < -0.4 is 10.2 Å². The predicted octanol–water partition coefficient (Wildman–Crippen LogP) is 3.44. The van der Waals surface area contributed by atoms with Crippen molar-refractivity contribution in [3.05, 3.63) is 52.8 Å². The fourth-order valence-electron chi connectivity index (χ4n) is 2.93. The molecule has 1 amide bonds. The number of carbonyl (C=O) groups is 1. The van der Waals surface area contributed by atoms with Gasteiger partial charge in [-0.05, 0) is 43.3 Å². The van der Waals surface area contributed by atoms with Crippen LogP contribution in [0.4, 0.5) is 11.4 Å². The average Bonchev–Trinajstić information content (AvgIpc) is 2.65. The lowest BCUT2D eigenvalue weighted by atomic mass is 10.2. The molecule has 6 heteroatoms.